The van der Waals surface area contributed by atoms with Crippen LogP contribution in [-0.4, -0.2) is 19.2 Å². The summed E-state index contributed by atoms with van der Waals surface area (Å²) in [7, 11) is -0.909. The topological polar surface area (TPSA) is 12.4 Å². The van der Waals surface area contributed by atoms with Crippen molar-refractivity contribution >= 4 is 30.3 Å². The van der Waals surface area contributed by atoms with E-state index in [1.165, 1.54) is 12.2 Å². The van der Waals surface area contributed by atoms with Gasteiger partial charge in [0.15, 0.2) is 0 Å². The van der Waals surface area contributed by atoms with Gasteiger partial charge in [-0.15, -0.1) is 0 Å². The molecule has 1 aromatic carbocycles. The zero-order chi connectivity index (χ0) is 11.9. The number of aliphatic imine (C=N–C) groups is 1. The summed E-state index contributed by atoms with van der Waals surface area (Å²) in [6.45, 7) is 7.20. The molecule has 0 bridgehead atoms. The summed E-state index contributed by atoms with van der Waals surface area (Å²) < 4.78 is 0. The summed E-state index contributed by atoms with van der Waals surface area (Å²) >= 11 is 2.16. The highest BCUT2D eigenvalue weighted by molar-refractivity contribution is 8.28. The van der Waals surface area contributed by atoms with Gasteiger partial charge in [0.2, 0.25) is 0 Å². The summed E-state index contributed by atoms with van der Waals surface area (Å²) in [4.78, 5) is 4.42. The van der Waals surface area contributed by atoms with Gasteiger partial charge in [0, 0.05) is 6.21 Å². The van der Waals surface area contributed by atoms with Crippen LogP contribution in [-0.2, 0) is 0 Å². The van der Waals surface area contributed by atoms with E-state index in [0.717, 1.165) is 12.1 Å². The maximum Gasteiger partial charge on any atom is 0.108 e. The minimum atomic E-state index is -0.909. The summed E-state index contributed by atoms with van der Waals surface area (Å²) in [5.41, 5.74) is 1.06. The zero-order valence-corrected chi connectivity index (χ0v) is 12.3. The van der Waals surface area contributed by atoms with E-state index in [0.29, 0.717) is 0 Å². The van der Waals surface area contributed by atoms with Gasteiger partial charge < -0.3 is 0 Å². The molecule has 88 valence electrons. The third-order valence-electron chi connectivity index (χ3n) is 2.01. The van der Waals surface area contributed by atoms with Crippen LogP contribution in [0.15, 0.2) is 35.3 Å². The van der Waals surface area contributed by atoms with E-state index in [1.54, 1.807) is 0 Å². The maximum absolute atomic E-state index is 4.42. The van der Waals surface area contributed by atoms with Gasteiger partial charge in [-0.2, -0.15) is 11.2 Å². The lowest BCUT2D eigenvalue weighted by atomic mass is 10.3. The minimum absolute atomic E-state index is 0.909. The molecule has 0 spiro atoms. The standard InChI is InChI=1S/C13H21NSSi/c1-16(2,3)15-12-8-7-11-14-13-9-5-4-6-10-13/h4-6,9-11H,7-8,12H2,1-3H3/b14-11-. The number of rotatable bonds is 6. The van der Waals surface area contributed by atoms with Crippen LogP contribution in [0.25, 0.3) is 0 Å². The van der Waals surface area contributed by atoms with Gasteiger partial charge in [0.1, 0.15) is 7.22 Å². The number of nitrogens with zero attached hydrogens (tertiary/aromatic N) is 1. The summed E-state index contributed by atoms with van der Waals surface area (Å²) in [5, 5.41) is 0. The molecule has 0 N–H and O–H groups in total. The molecule has 1 rings (SSSR count). The van der Waals surface area contributed by atoms with E-state index >= 15 is 0 Å². The molecule has 0 radical (unpaired) electrons. The molecule has 0 amide bonds. The first-order chi connectivity index (χ1) is 7.58. The summed E-state index contributed by atoms with van der Waals surface area (Å²) in [5.74, 6) is 1.27. The first-order valence-electron chi connectivity index (χ1n) is 5.79. The Morgan fingerprint density at radius 3 is 2.50 bits per heavy atom. The van der Waals surface area contributed by atoms with Crippen LogP contribution in [0.3, 0.4) is 0 Å². The molecule has 1 aromatic rings. The van der Waals surface area contributed by atoms with Crippen LogP contribution in [0.4, 0.5) is 5.69 Å². The fourth-order valence-electron chi connectivity index (χ4n) is 1.24. The Morgan fingerprint density at radius 1 is 1.19 bits per heavy atom. The predicted molar refractivity (Wildman–Crippen MR) is 79.6 cm³/mol. The van der Waals surface area contributed by atoms with Crippen LogP contribution in [0.2, 0.25) is 19.6 Å². The van der Waals surface area contributed by atoms with Gasteiger partial charge in [0.25, 0.3) is 0 Å². The molecule has 3 heteroatoms. The predicted octanol–water partition coefficient (Wildman–Crippen LogP) is 4.74. The Morgan fingerprint density at radius 2 is 1.88 bits per heavy atom. The highest BCUT2D eigenvalue weighted by Crippen LogP contribution is 2.20. The highest BCUT2D eigenvalue weighted by atomic mass is 32.4. The van der Waals surface area contributed by atoms with Gasteiger partial charge in [-0.05, 0) is 30.7 Å². The lowest BCUT2D eigenvalue weighted by Gasteiger charge is -2.13. The average molecular weight is 251 g/mol. The van der Waals surface area contributed by atoms with Crippen molar-refractivity contribution < 1.29 is 0 Å². The molecule has 0 aliphatic heterocycles. The molecule has 0 unspecified atom stereocenters. The summed E-state index contributed by atoms with van der Waals surface area (Å²) in [6, 6.07) is 10.1. The number of benzene rings is 1. The largest absolute Gasteiger partial charge is 0.261 e. The number of para-hydroxylation sites is 1. The molecule has 0 saturated heterocycles. The maximum atomic E-state index is 4.42. The molecule has 0 aliphatic carbocycles. The number of hydrogen-bond acceptors (Lipinski definition) is 2. The first-order valence-corrected chi connectivity index (χ1v) is 11.0. The molecule has 1 nitrogen and oxygen atoms in total. The van der Waals surface area contributed by atoms with Crippen molar-refractivity contribution in [3.8, 4) is 0 Å². The molecule has 0 saturated carbocycles. The highest BCUT2D eigenvalue weighted by Gasteiger charge is 2.11. The number of hydrogen-bond donors (Lipinski definition) is 0. The summed E-state index contributed by atoms with van der Waals surface area (Å²) in [6.07, 6.45) is 4.37. The Bertz CT molecular complexity index is 316. The van der Waals surface area contributed by atoms with E-state index in [-0.39, 0.29) is 0 Å². The van der Waals surface area contributed by atoms with Crippen LogP contribution in [0.1, 0.15) is 12.8 Å². The third-order valence-corrected chi connectivity index (χ3v) is 6.58. The Hall–Kier alpha value is -0.543. The van der Waals surface area contributed by atoms with Crippen molar-refractivity contribution in [3.63, 3.8) is 0 Å². The Labute approximate surface area is 104 Å². The Kier molecular flexibility index (Phi) is 5.84. The van der Waals surface area contributed by atoms with Crippen LogP contribution in [0, 0.1) is 0 Å². The van der Waals surface area contributed by atoms with Crippen LogP contribution < -0.4 is 0 Å². The van der Waals surface area contributed by atoms with E-state index in [4.69, 9.17) is 0 Å². The molecular formula is C13H21NSSi. The fourth-order valence-corrected chi connectivity index (χ4v) is 4.43. The number of unbranched alkanes of at least 4 members (excludes halogenated alkanes) is 1. The van der Waals surface area contributed by atoms with Gasteiger partial charge in [-0.25, -0.2) is 0 Å². The zero-order valence-electron chi connectivity index (χ0n) is 10.4. The first kappa shape index (κ1) is 13.5. The molecule has 0 atom stereocenters. The van der Waals surface area contributed by atoms with Gasteiger partial charge in [-0.1, -0.05) is 37.8 Å². The Balaban J connectivity index is 2.14. The normalized spacial score (nSPS) is 12.2. The van der Waals surface area contributed by atoms with Crippen molar-refractivity contribution in [2.75, 3.05) is 5.75 Å². The second-order valence-corrected chi connectivity index (χ2v) is 14.2. The molecule has 16 heavy (non-hydrogen) atoms. The molecule has 0 heterocycles. The van der Waals surface area contributed by atoms with Crippen molar-refractivity contribution in [1.29, 1.82) is 0 Å². The minimum Gasteiger partial charge on any atom is -0.261 e. The van der Waals surface area contributed by atoms with E-state index in [2.05, 4.69) is 35.8 Å². The molecular weight excluding hydrogens is 230 g/mol. The third kappa shape index (κ3) is 6.85. The quantitative estimate of drug-likeness (QED) is 0.404. The van der Waals surface area contributed by atoms with E-state index in [1.807, 2.05) is 36.5 Å². The smallest absolute Gasteiger partial charge is 0.108 e. The van der Waals surface area contributed by atoms with Crippen LogP contribution >= 0.6 is 11.2 Å². The average Bonchev–Trinajstić information content (AvgIpc) is 2.23. The van der Waals surface area contributed by atoms with Crippen LogP contribution in [0.5, 0.6) is 0 Å². The second kappa shape index (κ2) is 6.92. The fraction of sp³-hybridized carbons (Fsp3) is 0.462. The molecule has 0 aliphatic rings. The SMILES string of the molecule is C[Si](C)(C)SCCC/C=N\c1ccccc1. The van der Waals surface area contributed by atoms with Crippen molar-refractivity contribution in [2.24, 2.45) is 4.99 Å². The van der Waals surface area contributed by atoms with Crippen molar-refractivity contribution in [3.05, 3.63) is 30.3 Å². The van der Waals surface area contributed by atoms with Gasteiger partial charge >= 0.3 is 0 Å². The van der Waals surface area contributed by atoms with E-state index < -0.39 is 7.22 Å². The van der Waals surface area contributed by atoms with Crippen molar-refractivity contribution in [1.82, 2.24) is 0 Å². The van der Waals surface area contributed by atoms with E-state index in [9.17, 15) is 0 Å². The lowest BCUT2D eigenvalue weighted by molar-refractivity contribution is 1.03. The monoisotopic (exact) mass is 251 g/mol. The second-order valence-electron chi connectivity index (χ2n) is 4.75. The molecule has 0 fully saturated rings. The van der Waals surface area contributed by atoms with Crippen molar-refractivity contribution in [2.45, 2.75) is 32.5 Å². The molecule has 0 aromatic heterocycles. The lowest BCUT2D eigenvalue weighted by Crippen LogP contribution is -2.14. The van der Waals surface area contributed by atoms with Gasteiger partial charge in [-0.3, -0.25) is 4.99 Å². The van der Waals surface area contributed by atoms with Gasteiger partial charge in [0.05, 0.1) is 5.69 Å².